The Hall–Kier alpha value is -5.40. The second kappa shape index (κ2) is 11.9. The largest absolute Gasteiger partial charge is 0.466 e. The second-order valence-electron chi connectivity index (χ2n) is 10.6. The van der Waals surface area contributed by atoms with Crippen LogP contribution >= 0.6 is 0 Å². The van der Waals surface area contributed by atoms with Crippen molar-refractivity contribution in [3.05, 3.63) is 101 Å². The number of hydrogen-bond donors (Lipinski definition) is 0. The summed E-state index contributed by atoms with van der Waals surface area (Å²) in [5, 5.41) is -0.0599. The van der Waals surface area contributed by atoms with E-state index >= 15 is 4.39 Å². The minimum Gasteiger partial charge on any atom is -0.466 e. The zero-order valence-corrected chi connectivity index (χ0v) is 23.9. The zero-order valence-electron chi connectivity index (χ0n) is 23.9. The lowest BCUT2D eigenvalue weighted by Crippen LogP contribution is -2.27. The van der Waals surface area contributed by atoms with Crippen molar-refractivity contribution in [1.82, 2.24) is 19.5 Å². The molecular weight excluding hydrogens is 603 g/mol. The van der Waals surface area contributed by atoms with Crippen LogP contribution in [-0.2, 0) is 15.7 Å². The van der Waals surface area contributed by atoms with Crippen LogP contribution in [0.1, 0.15) is 26.3 Å². The highest BCUT2D eigenvalue weighted by Gasteiger charge is 2.35. The topological polar surface area (TPSA) is 105 Å². The van der Waals surface area contributed by atoms with Crippen LogP contribution in [0.3, 0.4) is 0 Å². The molecule has 3 aromatic heterocycles. The molecule has 0 amide bonds. The van der Waals surface area contributed by atoms with Gasteiger partial charge in [0, 0.05) is 23.9 Å². The number of hydrogen-bond acceptors (Lipinski definition) is 8. The van der Waals surface area contributed by atoms with Crippen LogP contribution in [0, 0.1) is 11.6 Å². The Morgan fingerprint density at radius 2 is 1.73 bits per heavy atom. The summed E-state index contributed by atoms with van der Waals surface area (Å²) in [6.07, 6.45) is -2.46. The maximum Gasteiger partial charge on any atom is 0.421 e. The van der Waals surface area contributed by atoms with E-state index < -0.39 is 53.0 Å². The summed E-state index contributed by atoms with van der Waals surface area (Å²) in [5.74, 6) is -3.40. The molecule has 0 spiro atoms. The van der Waals surface area contributed by atoms with Gasteiger partial charge >= 0.3 is 12.1 Å². The first-order chi connectivity index (χ1) is 21.2. The fraction of sp³-hybridized carbons (Fsp3) is 0.194. The number of esters is 1. The molecule has 2 aromatic carbocycles. The molecule has 3 heterocycles. The summed E-state index contributed by atoms with van der Waals surface area (Å²) in [6.45, 7) is 4.54. The third-order valence-corrected chi connectivity index (χ3v) is 6.09. The normalized spacial score (nSPS) is 11.8. The summed E-state index contributed by atoms with van der Waals surface area (Å²) in [4.78, 5) is 36.8. The van der Waals surface area contributed by atoms with E-state index in [1.807, 2.05) is 0 Å². The molecule has 0 radical (unpaired) electrons. The first-order valence-corrected chi connectivity index (χ1v) is 13.2. The summed E-state index contributed by atoms with van der Waals surface area (Å²) in [5.41, 5.74) is -2.45. The van der Waals surface area contributed by atoms with Crippen molar-refractivity contribution >= 4 is 16.9 Å². The number of alkyl halides is 3. The predicted molar refractivity (Wildman–Crippen MR) is 151 cm³/mol. The predicted octanol–water partition coefficient (Wildman–Crippen LogP) is 6.65. The maximum absolute atomic E-state index is 15.0. The highest BCUT2D eigenvalue weighted by Crippen LogP contribution is 2.37. The molecule has 14 heteroatoms. The lowest BCUT2D eigenvalue weighted by molar-refractivity contribution is -0.157. The van der Waals surface area contributed by atoms with Gasteiger partial charge in [-0.25, -0.2) is 23.5 Å². The summed E-state index contributed by atoms with van der Waals surface area (Å²) in [6, 6.07) is 11.5. The van der Waals surface area contributed by atoms with Crippen LogP contribution in [0.25, 0.3) is 27.8 Å². The van der Waals surface area contributed by atoms with Crippen molar-refractivity contribution in [2.45, 2.75) is 32.5 Å². The average molecular weight is 627 g/mol. The van der Waals surface area contributed by atoms with E-state index in [1.165, 1.54) is 34.9 Å². The van der Waals surface area contributed by atoms with Gasteiger partial charge in [0.1, 0.15) is 40.6 Å². The molecule has 0 fully saturated rings. The van der Waals surface area contributed by atoms with Gasteiger partial charge in [0.05, 0.1) is 16.6 Å². The average Bonchev–Trinajstić information content (AvgIpc) is 2.95. The molecule has 45 heavy (non-hydrogen) atoms. The van der Waals surface area contributed by atoms with E-state index in [-0.39, 0.29) is 39.5 Å². The molecule has 0 unspecified atom stereocenters. The van der Waals surface area contributed by atoms with Gasteiger partial charge in [-0.2, -0.15) is 18.2 Å². The molecule has 0 atom stereocenters. The van der Waals surface area contributed by atoms with Crippen LogP contribution in [0.5, 0.6) is 17.5 Å². The van der Waals surface area contributed by atoms with Gasteiger partial charge < -0.3 is 14.2 Å². The third kappa shape index (κ3) is 7.06. The van der Waals surface area contributed by atoms with Gasteiger partial charge in [-0.15, -0.1) is 0 Å². The highest BCUT2D eigenvalue weighted by molar-refractivity contribution is 5.83. The van der Waals surface area contributed by atoms with Crippen molar-refractivity contribution in [3.8, 4) is 34.5 Å². The van der Waals surface area contributed by atoms with Crippen molar-refractivity contribution in [1.29, 1.82) is 0 Å². The lowest BCUT2D eigenvalue weighted by atomic mass is 10.1. The van der Waals surface area contributed by atoms with Crippen molar-refractivity contribution < 1.29 is 41.0 Å². The minimum absolute atomic E-state index is 0.0599. The zero-order chi connectivity index (χ0) is 32.5. The Labute approximate surface area is 251 Å². The molecule has 0 bridgehead atoms. The second-order valence-corrected chi connectivity index (χ2v) is 10.6. The van der Waals surface area contributed by atoms with E-state index in [4.69, 9.17) is 14.2 Å². The number of carbonyl (C=O) groups is 1. The molecule has 0 aliphatic heterocycles. The summed E-state index contributed by atoms with van der Waals surface area (Å²) in [7, 11) is 0. The van der Waals surface area contributed by atoms with Gasteiger partial charge in [0.25, 0.3) is 5.56 Å². The quantitative estimate of drug-likeness (QED) is 0.146. The molecule has 0 saturated carbocycles. The number of pyridine rings is 2. The van der Waals surface area contributed by atoms with Crippen molar-refractivity contribution in [3.63, 3.8) is 0 Å². The van der Waals surface area contributed by atoms with Crippen molar-refractivity contribution in [2.75, 3.05) is 6.61 Å². The van der Waals surface area contributed by atoms with Crippen molar-refractivity contribution in [2.24, 2.45) is 0 Å². The van der Waals surface area contributed by atoms with Gasteiger partial charge in [0.15, 0.2) is 6.61 Å². The molecule has 9 nitrogen and oxygen atoms in total. The van der Waals surface area contributed by atoms with Crippen LogP contribution in [0.15, 0.2) is 78.0 Å². The standard InChI is InChI=1S/C31H23F5N4O5/c1-30(2,3)45-26(41)15-43-25-11-10-24(27(39-25)19-8-6-17(32)13-22(19)33)40-16-38-28(42)20-14-18(7-9-23(20)40)44-29-21(31(34,35)36)5-4-12-37-29/h4-14,16H,15H2,1-3H3. The number of nitrogens with zero attached hydrogens (tertiary/aromatic N) is 4. The van der Waals surface area contributed by atoms with Crippen LogP contribution in [0.4, 0.5) is 22.0 Å². The number of halogens is 5. The van der Waals surface area contributed by atoms with E-state index in [9.17, 15) is 27.2 Å². The fourth-order valence-electron chi connectivity index (χ4n) is 4.29. The number of fused-ring (bicyclic) bond motifs is 1. The highest BCUT2D eigenvalue weighted by atomic mass is 19.4. The van der Waals surface area contributed by atoms with E-state index in [1.54, 1.807) is 20.8 Å². The van der Waals surface area contributed by atoms with Gasteiger partial charge in [-0.05, 0) is 69.3 Å². The van der Waals surface area contributed by atoms with Crippen LogP contribution in [-0.4, -0.2) is 37.7 Å². The Morgan fingerprint density at radius 3 is 2.44 bits per heavy atom. The first-order valence-electron chi connectivity index (χ1n) is 13.2. The first kappa shape index (κ1) is 31.0. The van der Waals surface area contributed by atoms with Gasteiger partial charge in [0.2, 0.25) is 11.8 Å². The Morgan fingerprint density at radius 1 is 0.956 bits per heavy atom. The Kier molecular flexibility index (Phi) is 8.24. The number of carbonyl (C=O) groups excluding carboxylic acids is 1. The Balaban J connectivity index is 1.58. The van der Waals surface area contributed by atoms with Gasteiger partial charge in [-0.1, -0.05) is 0 Å². The maximum atomic E-state index is 15.0. The van der Waals surface area contributed by atoms with E-state index in [0.29, 0.717) is 6.07 Å². The molecule has 0 aliphatic carbocycles. The number of rotatable bonds is 7. The summed E-state index contributed by atoms with van der Waals surface area (Å²) < 4.78 is 86.7. The molecule has 5 rings (SSSR count). The minimum atomic E-state index is -4.74. The molecule has 0 saturated heterocycles. The van der Waals surface area contributed by atoms with Crippen LogP contribution in [0.2, 0.25) is 0 Å². The van der Waals surface area contributed by atoms with E-state index in [0.717, 1.165) is 36.8 Å². The molecule has 0 N–H and O–H groups in total. The third-order valence-electron chi connectivity index (χ3n) is 6.09. The lowest BCUT2D eigenvalue weighted by Gasteiger charge is -2.20. The SMILES string of the molecule is CC(C)(C)OC(=O)COc1ccc(-n2cnc(=O)c3cc(Oc4ncccc4C(F)(F)F)ccc32)c(-c2ccc(F)cc2F)n1. The monoisotopic (exact) mass is 626 g/mol. The molecule has 0 aliphatic rings. The summed E-state index contributed by atoms with van der Waals surface area (Å²) >= 11 is 0. The van der Waals surface area contributed by atoms with E-state index in [2.05, 4.69) is 15.0 Å². The van der Waals surface area contributed by atoms with Crippen LogP contribution < -0.4 is 15.0 Å². The number of aromatic nitrogens is 4. The number of ether oxygens (including phenoxy) is 3. The smallest absolute Gasteiger partial charge is 0.421 e. The van der Waals surface area contributed by atoms with Gasteiger partial charge in [-0.3, -0.25) is 9.36 Å². The molecule has 5 aromatic rings. The molecule has 232 valence electrons. The fourth-order valence-corrected chi connectivity index (χ4v) is 4.29. The Bertz CT molecular complexity index is 1970. The number of benzene rings is 2. The molecular formula is C31H23F5N4O5.